The number of halogens is 1. The number of nitrogens with two attached hydrogens (primary N) is 1. The van der Waals surface area contributed by atoms with E-state index in [9.17, 15) is 18.0 Å². The summed E-state index contributed by atoms with van der Waals surface area (Å²) in [5.41, 5.74) is 0.605. The van der Waals surface area contributed by atoms with Gasteiger partial charge in [-0.05, 0) is 37.3 Å². The Hall–Kier alpha value is -2.42. The summed E-state index contributed by atoms with van der Waals surface area (Å²) < 4.78 is 27.9. The van der Waals surface area contributed by atoms with Gasteiger partial charge in [-0.25, -0.2) is 18.4 Å². The van der Waals surface area contributed by atoms with Crippen LogP contribution in [0, 0.1) is 0 Å². The second-order valence-electron chi connectivity index (χ2n) is 5.24. The summed E-state index contributed by atoms with van der Waals surface area (Å²) in [5, 5.41) is 4.94. The fraction of sp³-hybridized carbons (Fsp3) is 0.176. The van der Waals surface area contributed by atoms with Gasteiger partial charge in [-0.1, -0.05) is 29.8 Å². The summed E-state index contributed by atoms with van der Waals surface area (Å²) in [5.74, 6) is -1.27. The third-order valence-electron chi connectivity index (χ3n) is 3.49. The summed E-state index contributed by atoms with van der Waals surface area (Å²) in [6, 6.07) is 12.5. The average Bonchev–Trinajstić information content (AvgIpc) is 2.60. The van der Waals surface area contributed by atoms with Crippen LogP contribution in [0.1, 0.15) is 17.3 Å². The molecule has 0 aliphatic carbocycles. The number of nitrogens with zero attached hydrogens (tertiary/aromatic N) is 1. The number of carbonyl (C=O) groups is 2. The van der Waals surface area contributed by atoms with Crippen LogP contribution in [0.2, 0.25) is 5.02 Å². The van der Waals surface area contributed by atoms with Crippen molar-refractivity contribution in [3.05, 3.63) is 59.1 Å². The number of amides is 1. The van der Waals surface area contributed by atoms with Crippen LogP contribution in [-0.4, -0.2) is 33.4 Å². The number of hydrogen-bond acceptors (Lipinski definition) is 5. The van der Waals surface area contributed by atoms with Gasteiger partial charge < -0.3 is 9.64 Å². The van der Waals surface area contributed by atoms with Crippen molar-refractivity contribution in [2.24, 2.45) is 5.14 Å². The SMILES string of the molecule is CCN(C(=O)COC(=O)c1ccc(Cl)c(S(N)(=O)=O)c1)c1ccccc1. The molecule has 9 heteroatoms. The molecule has 0 fully saturated rings. The lowest BCUT2D eigenvalue weighted by molar-refractivity contribution is -0.121. The van der Waals surface area contributed by atoms with Gasteiger partial charge in [-0.3, -0.25) is 4.79 Å². The van der Waals surface area contributed by atoms with Crippen molar-refractivity contribution in [3.63, 3.8) is 0 Å². The number of para-hydroxylation sites is 1. The van der Waals surface area contributed by atoms with Crippen molar-refractivity contribution >= 4 is 39.2 Å². The van der Waals surface area contributed by atoms with Crippen molar-refractivity contribution in [2.75, 3.05) is 18.1 Å². The number of sulfonamides is 1. The molecular weight excluding hydrogens is 380 g/mol. The number of carbonyl (C=O) groups excluding carboxylic acids is 2. The highest BCUT2D eigenvalue weighted by atomic mass is 35.5. The molecule has 2 aromatic rings. The van der Waals surface area contributed by atoms with E-state index in [0.717, 1.165) is 6.07 Å². The van der Waals surface area contributed by atoms with E-state index >= 15 is 0 Å². The molecule has 0 unspecified atom stereocenters. The summed E-state index contributed by atoms with van der Waals surface area (Å²) >= 11 is 5.77. The van der Waals surface area contributed by atoms with Gasteiger partial charge >= 0.3 is 5.97 Å². The molecule has 1 amide bonds. The Kier molecular flexibility index (Phi) is 6.36. The van der Waals surface area contributed by atoms with E-state index < -0.39 is 28.5 Å². The van der Waals surface area contributed by atoms with Crippen LogP contribution in [-0.2, 0) is 19.6 Å². The van der Waals surface area contributed by atoms with Crippen LogP contribution in [0.5, 0.6) is 0 Å². The lowest BCUT2D eigenvalue weighted by Crippen LogP contribution is -2.34. The number of rotatable bonds is 6. The van der Waals surface area contributed by atoms with Gasteiger partial charge in [-0.2, -0.15) is 0 Å². The predicted octanol–water partition coefficient (Wildman–Crippen LogP) is 2.20. The molecule has 0 aromatic heterocycles. The first kappa shape index (κ1) is 19.9. The maximum absolute atomic E-state index is 12.3. The Bertz CT molecular complexity index is 916. The smallest absolute Gasteiger partial charge is 0.338 e. The lowest BCUT2D eigenvalue weighted by atomic mass is 10.2. The first-order valence-electron chi connectivity index (χ1n) is 7.59. The molecule has 2 rings (SSSR count). The van der Waals surface area contributed by atoms with E-state index in [2.05, 4.69) is 0 Å². The standard InChI is InChI=1S/C17H17ClN2O5S/c1-2-20(13-6-4-3-5-7-13)16(21)11-25-17(22)12-8-9-14(18)15(10-12)26(19,23)24/h3-10H,2,11H2,1H3,(H2,19,23,24). The van der Waals surface area contributed by atoms with Gasteiger partial charge in [0, 0.05) is 12.2 Å². The topological polar surface area (TPSA) is 107 Å². The normalized spacial score (nSPS) is 11.0. The molecule has 0 heterocycles. The molecule has 0 saturated heterocycles. The molecule has 0 aliphatic rings. The van der Waals surface area contributed by atoms with Crippen LogP contribution >= 0.6 is 11.6 Å². The van der Waals surface area contributed by atoms with Crippen LogP contribution in [0.25, 0.3) is 0 Å². The van der Waals surface area contributed by atoms with Crippen LogP contribution < -0.4 is 10.0 Å². The van der Waals surface area contributed by atoms with Crippen LogP contribution in [0.4, 0.5) is 5.69 Å². The fourth-order valence-electron chi connectivity index (χ4n) is 2.25. The summed E-state index contributed by atoms with van der Waals surface area (Å²) in [6.07, 6.45) is 0. The number of esters is 1. The number of hydrogen-bond donors (Lipinski definition) is 1. The predicted molar refractivity (Wildman–Crippen MR) is 97.6 cm³/mol. The zero-order chi connectivity index (χ0) is 19.3. The van der Waals surface area contributed by atoms with E-state index in [-0.39, 0.29) is 15.5 Å². The summed E-state index contributed by atoms with van der Waals surface area (Å²) in [4.78, 5) is 25.5. The molecule has 0 atom stereocenters. The lowest BCUT2D eigenvalue weighted by Gasteiger charge is -2.20. The number of benzene rings is 2. The minimum absolute atomic E-state index is 0.0750. The maximum atomic E-state index is 12.3. The Morgan fingerprint density at radius 3 is 2.38 bits per heavy atom. The quantitative estimate of drug-likeness (QED) is 0.753. The van der Waals surface area contributed by atoms with Gasteiger partial charge in [0.15, 0.2) is 6.61 Å². The van der Waals surface area contributed by atoms with E-state index in [1.165, 1.54) is 17.0 Å². The van der Waals surface area contributed by atoms with Crippen LogP contribution in [0.15, 0.2) is 53.4 Å². The number of likely N-dealkylation sites (N-methyl/N-ethyl adjacent to an activating group) is 1. The van der Waals surface area contributed by atoms with Gasteiger partial charge in [0.1, 0.15) is 4.90 Å². The van der Waals surface area contributed by atoms with Crippen molar-refractivity contribution < 1.29 is 22.7 Å². The monoisotopic (exact) mass is 396 g/mol. The third-order valence-corrected chi connectivity index (χ3v) is 4.88. The molecule has 0 saturated carbocycles. The Morgan fingerprint density at radius 1 is 1.15 bits per heavy atom. The highest BCUT2D eigenvalue weighted by molar-refractivity contribution is 7.89. The van der Waals surface area contributed by atoms with Crippen molar-refractivity contribution in [1.82, 2.24) is 0 Å². The van der Waals surface area contributed by atoms with Crippen molar-refractivity contribution in [3.8, 4) is 0 Å². The van der Waals surface area contributed by atoms with E-state index in [1.54, 1.807) is 31.2 Å². The van der Waals surface area contributed by atoms with Gasteiger partial charge in [-0.15, -0.1) is 0 Å². The average molecular weight is 397 g/mol. The second kappa shape index (κ2) is 8.31. The number of ether oxygens (including phenoxy) is 1. The Morgan fingerprint density at radius 2 is 1.81 bits per heavy atom. The molecule has 138 valence electrons. The summed E-state index contributed by atoms with van der Waals surface area (Å²) in [7, 11) is -4.09. The van der Waals surface area contributed by atoms with Crippen molar-refractivity contribution in [1.29, 1.82) is 0 Å². The molecule has 0 aliphatic heterocycles. The van der Waals surface area contributed by atoms with Gasteiger partial charge in [0.25, 0.3) is 5.91 Å². The van der Waals surface area contributed by atoms with Crippen LogP contribution in [0.3, 0.4) is 0 Å². The molecule has 0 spiro atoms. The van der Waals surface area contributed by atoms with E-state index in [4.69, 9.17) is 21.5 Å². The number of primary sulfonamides is 1. The second-order valence-corrected chi connectivity index (χ2v) is 7.18. The zero-order valence-corrected chi connectivity index (χ0v) is 15.5. The van der Waals surface area contributed by atoms with Gasteiger partial charge in [0.05, 0.1) is 10.6 Å². The minimum atomic E-state index is -4.09. The molecule has 2 N–H and O–H groups in total. The minimum Gasteiger partial charge on any atom is -0.452 e. The maximum Gasteiger partial charge on any atom is 0.338 e. The van der Waals surface area contributed by atoms with Gasteiger partial charge in [0.2, 0.25) is 10.0 Å². The molecular formula is C17H17ClN2O5S. The Labute approximate surface area is 156 Å². The van der Waals surface area contributed by atoms with E-state index in [1.807, 2.05) is 6.07 Å². The fourth-order valence-corrected chi connectivity index (χ4v) is 3.32. The highest BCUT2D eigenvalue weighted by Gasteiger charge is 2.19. The first-order valence-corrected chi connectivity index (χ1v) is 9.51. The highest BCUT2D eigenvalue weighted by Crippen LogP contribution is 2.22. The van der Waals surface area contributed by atoms with E-state index in [0.29, 0.717) is 12.2 Å². The summed E-state index contributed by atoms with van der Waals surface area (Å²) in [6.45, 7) is 1.70. The molecule has 0 radical (unpaired) electrons. The van der Waals surface area contributed by atoms with Crippen molar-refractivity contribution in [2.45, 2.75) is 11.8 Å². The molecule has 0 bridgehead atoms. The molecule has 7 nitrogen and oxygen atoms in total. The zero-order valence-electron chi connectivity index (χ0n) is 13.9. The molecule has 26 heavy (non-hydrogen) atoms. The largest absolute Gasteiger partial charge is 0.452 e. The third kappa shape index (κ3) is 4.81. The first-order chi connectivity index (χ1) is 12.2. The molecule has 2 aromatic carbocycles. The Balaban J connectivity index is 2.10. The number of anilines is 1.